The van der Waals surface area contributed by atoms with Crippen LogP contribution in [0.4, 0.5) is 11.5 Å². The van der Waals surface area contributed by atoms with E-state index in [-0.39, 0.29) is 0 Å². The van der Waals surface area contributed by atoms with Crippen LogP contribution in [0, 0.1) is 6.92 Å². The van der Waals surface area contributed by atoms with Gasteiger partial charge >= 0.3 is 0 Å². The first-order chi connectivity index (χ1) is 7.75. The molecule has 3 N–H and O–H groups in total. The lowest BCUT2D eigenvalue weighted by molar-refractivity contribution is 1.08. The Morgan fingerprint density at radius 3 is 2.94 bits per heavy atom. The molecule has 0 amide bonds. The fourth-order valence-electron chi connectivity index (χ4n) is 1.47. The highest BCUT2D eigenvalue weighted by Crippen LogP contribution is 2.14. The number of hydrogen-bond donors (Lipinski definition) is 2. The summed E-state index contributed by atoms with van der Waals surface area (Å²) in [7, 11) is 0. The summed E-state index contributed by atoms with van der Waals surface area (Å²) in [5.41, 5.74) is 8.49. The summed E-state index contributed by atoms with van der Waals surface area (Å²) < 4.78 is 0. The third-order valence-corrected chi connectivity index (χ3v) is 2.28. The van der Waals surface area contributed by atoms with Gasteiger partial charge in [0.25, 0.3) is 0 Å². The van der Waals surface area contributed by atoms with E-state index in [2.05, 4.69) is 15.3 Å². The Kier molecular flexibility index (Phi) is 3.00. The van der Waals surface area contributed by atoms with Crippen molar-refractivity contribution in [2.45, 2.75) is 13.5 Å². The molecule has 2 aromatic heterocycles. The van der Waals surface area contributed by atoms with Gasteiger partial charge < -0.3 is 11.1 Å². The molecule has 2 heterocycles. The minimum Gasteiger partial charge on any atom is -0.397 e. The maximum atomic E-state index is 5.63. The van der Waals surface area contributed by atoms with Crippen LogP contribution in [0.5, 0.6) is 0 Å². The Labute approximate surface area is 94.5 Å². The van der Waals surface area contributed by atoms with Gasteiger partial charge in [0.05, 0.1) is 11.9 Å². The molecule has 0 aromatic carbocycles. The molecule has 0 aliphatic carbocycles. The maximum absolute atomic E-state index is 5.63. The first kappa shape index (κ1) is 10.4. The van der Waals surface area contributed by atoms with E-state index in [1.54, 1.807) is 12.4 Å². The van der Waals surface area contributed by atoms with Gasteiger partial charge in [0.15, 0.2) is 0 Å². The zero-order chi connectivity index (χ0) is 11.4. The second-order valence-corrected chi connectivity index (χ2v) is 3.65. The van der Waals surface area contributed by atoms with Crippen molar-refractivity contribution >= 4 is 11.5 Å². The van der Waals surface area contributed by atoms with Crippen LogP contribution in [0.25, 0.3) is 0 Å². The van der Waals surface area contributed by atoms with Crippen LogP contribution in [-0.2, 0) is 6.54 Å². The highest BCUT2D eigenvalue weighted by atomic mass is 15.0. The van der Waals surface area contributed by atoms with Gasteiger partial charge in [-0.2, -0.15) is 0 Å². The van der Waals surface area contributed by atoms with Crippen LogP contribution in [0.1, 0.15) is 11.1 Å². The fraction of sp³-hybridized carbons (Fsp3) is 0.167. The molecule has 2 aromatic rings. The van der Waals surface area contributed by atoms with Crippen molar-refractivity contribution in [3.8, 4) is 0 Å². The van der Waals surface area contributed by atoms with Gasteiger partial charge in [-0.15, -0.1) is 0 Å². The summed E-state index contributed by atoms with van der Waals surface area (Å²) in [5, 5.41) is 3.25. The molecule has 0 aliphatic rings. The van der Waals surface area contributed by atoms with Gasteiger partial charge in [-0.25, -0.2) is 4.98 Å². The molecule has 82 valence electrons. The number of aromatic nitrogens is 2. The Morgan fingerprint density at radius 2 is 2.25 bits per heavy atom. The lowest BCUT2D eigenvalue weighted by Gasteiger charge is -2.08. The van der Waals surface area contributed by atoms with Gasteiger partial charge in [-0.1, -0.05) is 6.07 Å². The number of nitrogens with zero attached hydrogens (tertiary/aromatic N) is 2. The van der Waals surface area contributed by atoms with E-state index in [1.807, 2.05) is 31.3 Å². The third kappa shape index (κ3) is 2.48. The molecule has 4 nitrogen and oxygen atoms in total. The number of hydrogen-bond acceptors (Lipinski definition) is 4. The lowest BCUT2D eigenvalue weighted by atomic mass is 10.2. The van der Waals surface area contributed by atoms with Crippen molar-refractivity contribution in [1.29, 1.82) is 0 Å². The normalized spacial score (nSPS) is 10.1. The molecule has 16 heavy (non-hydrogen) atoms. The van der Waals surface area contributed by atoms with E-state index in [1.165, 1.54) is 0 Å². The van der Waals surface area contributed by atoms with Crippen molar-refractivity contribution in [1.82, 2.24) is 9.97 Å². The molecule has 0 atom stereocenters. The molecule has 0 radical (unpaired) electrons. The summed E-state index contributed by atoms with van der Waals surface area (Å²) in [5.74, 6) is 0.859. The van der Waals surface area contributed by atoms with Crippen molar-refractivity contribution < 1.29 is 0 Å². The second-order valence-electron chi connectivity index (χ2n) is 3.65. The van der Waals surface area contributed by atoms with Gasteiger partial charge in [0.2, 0.25) is 0 Å². The number of nitrogen functional groups attached to an aromatic ring is 1. The van der Waals surface area contributed by atoms with Crippen LogP contribution in [-0.4, -0.2) is 9.97 Å². The highest BCUT2D eigenvalue weighted by molar-refractivity contribution is 5.50. The summed E-state index contributed by atoms with van der Waals surface area (Å²) in [6.07, 6.45) is 5.24. The quantitative estimate of drug-likeness (QED) is 0.820. The fourth-order valence-corrected chi connectivity index (χ4v) is 1.47. The summed E-state index contributed by atoms with van der Waals surface area (Å²) >= 11 is 0. The minimum absolute atomic E-state index is 0.685. The molecule has 0 saturated heterocycles. The minimum atomic E-state index is 0.685. The number of rotatable bonds is 3. The second kappa shape index (κ2) is 4.61. The summed E-state index contributed by atoms with van der Waals surface area (Å²) in [6.45, 7) is 2.69. The van der Waals surface area contributed by atoms with Crippen LogP contribution in [0.2, 0.25) is 0 Å². The first-order valence-corrected chi connectivity index (χ1v) is 5.10. The Morgan fingerprint density at radius 1 is 1.38 bits per heavy atom. The molecular formula is C12H14N4. The lowest BCUT2D eigenvalue weighted by Crippen LogP contribution is -2.03. The summed E-state index contributed by atoms with van der Waals surface area (Å²) in [6, 6.07) is 5.84. The van der Waals surface area contributed by atoms with E-state index >= 15 is 0 Å². The molecular weight excluding hydrogens is 200 g/mol. The number of aryl methyl sites for hydroxylation is 1. The molecule has 4 heteroatoms. The predicted octanol–water partition coefficient (Wildman–Crippen LogP) is 1.98. The predicted molar refractivity (Wildman–Crippen MR) is 65.0 cm³/mol. The molecule has 2 rings (SSSR count). The van der Waals surface area contributed by atoms with Crippen LogP contribution in [0.3, 0.4) is 0 Å². The van der Waals surface area contributed by atoms with Crippen molar-refractivity contribution in [3.05, 3.63) is 47.9 Å². The average Bonchev–Trinajstić information content (AvgIpc) is 2.29. The van der Waals surface area contributed by atoms with E-state index in [9.17, 15) is 0 Å². The van der Waals surface area contributed by atoms with Gasteiger partial charge in [0, 0.05) is 18.9 Å². The Balaban J connectivity index is 2.05. The van der Waals surface area contributed by atoms with Crippen LogP contribution in [0.15, 0.2) is 36.8 Å². The van der Waals surface area contributed by atoms with E-state index < -0.39 is 0 Å². The Hall–Kier alpha value is -2.10. The molecule has 0 spiro atoms. The van der Waals surface area contributed by atoms with Crippen molar-refractivity contribution in [2.75, 3.05) is 11.1 Å². The smallest absolute Gasteiger partial charge is 0.129 e. The van der Waals surface area contributed by atoms with E-state index in [0.717, 1.165) is 16.9 Å². The largest absolute Gasteiger partial charge is 0.397 e. The number of nitrogens with one attached hydrogen (secondary N) is 1. The standard InChI is InChI=1S/C12H14N4/c1-9-5-11(13)8-16-12(9)15-7-10-3-2-4-14-6-10/h2-6,8H,7,13H2,1H3,(H,15,16). The van der Waals surface area contributed by atoms with Crippen LogP contribution >= 0.6 is 0 Å². The van der Waals surface area contributed by atoms with Crippen molar-refractivity contribution in [3.63, 3.8) is 0 Å². The zero-order valence-corrected chi connectivity index (χ0v) is 9.14. The molecule has 0 fully saturated rings. The third-order valence-electron chi connectivity index (χ3n) is 2.28. The topological polar surface area (TPSA) is 63.8 Å². The summed E-state index contributed by atoms with van der Waals surface area (Å²) in [4.78, 5) is 8.29. The number of anilines is 2. The van der Waals surface area contributed by atoms with E-state index in [4.69, 9.17) is 5.73 Å². The van der Waals surface area contributed by atoms with Gasteiger partial charge in [-0.05, 0) is 30.2 Å². The Bertz CT molecular complexity index is 468. The molecule has 0 saturated carbocycles. The number of pyridine rings is 2. The maximum Gasteiger partial charge on any atom is 0.129 e. The van der Waals surface area contributed by atoms with Gasteiger partial charge in [-0.3, -0.25) is 4.98 Å². The zero-order valence-electron chi connectivity index (χ0n) is 9.14. The average molecular weight is 214 g/mol. The highest BCUT2D eigenvalue weighted by Gasteiger charge is 1.99. The number of nitrogens with two attached hydrogens (primary N) is 1. The van der Waals surface area contributed by atoms with Crippen molar-refractivity contribution in [2.24, 2.45) is 0 Å². The molecule has 0 unspecified atom stereocenters. The van der Waals surface area contributed by atoms with Gasteiger partial charge in [0.1, 0.15) is 5.82 Å². The van der Waals surface area contributed by atoms with E-state index in [0.29, 0.717) is 12.2 Å². The first-order valence-electron chi connectivity index (χ1n) is 5.10. The monoisotopic (exact) mass is 214 g/mol. The van der Waals surface area contributed by atoms with Crippen LogP contribution < -0.4 is 11.1 Å². The molecule has 0 aliphatic heterocycles. The SMILES string of the molecule is Cc1cc(N)cnc1NCc1cccnc1. The molecule has 0 bridgehead atoms.